The molecule has 0 spiro atoms. The van der Waals surface area contributed by atoms with Crippen molar-refractivity contribution in [2.45, 2.75) is 38.9 Å². The van der Waals surface area contributed by atoms with Crippen LogP contribution in [0.1, 0.15) is 29.9 Å². The third-order valence-corrected chi connectivity index (χ3v) is 5.53. The minimum absolute atomic E-state index is 0.150. The van der Waals surface area contributed by atoms with Gasteiger partial charge in [-0.1, -0.05) is 30.3 Å². The van der Waals surface area contributed by atoms with Gasteiger partial charge in [-0.05, 0) is 30.4 Å². The summed E-state index contributed by atoms with van der Waals surface area (Å²) in [6, 6.07) is 12.6. The van der Waals surface area contributed by atoms with Crippen molar-refractivity contribution in [2.75, 3.05) is 6.54 Å². The lowest BCUT2D eigenvalue weighted by atomic mass is 10.1. The van der Waals surface area contributed by atoms with Crippen LogP contribution in [0.2, 0.25) is 0 Å². The molecular weight excluding hydrogens is 358 g/mol. The molecule has 0 saturated carbocycles. The van der Waals surface area contributed by atoms with Crippen LogP contribution in [0, 0.1) is 6.92 Å². The molecule has 1 aromatic carbocycles. The molecule has 1 aliphatic heterocycles. The van der Waals surface area contributed by atoms with Crippen molar-refractivity contribution in [3.63, 3.8) is 0 Å². The third-order valence-electron chi connectivity index (χ3n) is 4.85. The van der Waals surface area contributed by atoms with Gasteiger partial charge in [0.2, 0.25) is 11.8 Å². The topological polar surface area (TPSA) is 58.4 Å². The van der Waals surface area contributed by atoms with E-state index in [-0.39, 0.29) is 11.9 Å². The van der Waals surface area contributed by atoms with E-state index in [9.17, 15) is 4.79 Å². The number of carbonyl (C=O) groups excluding carboxylic acids is 1. The van der Waals surface area contributed by atoms with Crippen LogP contribution in [-0.2, 0) is 17.9 Å². The van der Waals surface area contributed by atoms with E-state index in [2.05, 4.69) is 34.5 Å². The number of benzene rings is 1. The lowest BCUT2D eigenvalue weighted by Gasteiger charge is -2.25. The predicted molar refractivity (Wildman–Crippen MR) is 106 cm³/mol. The predicted octanol–water partition coefficient (Wildman–Crippen LogP) is 3.99. The van der Waals surface area contributed by atoms with Gasteiger partial charge in [-0.15, -0.1) is 0 Å². The summed E-state index contributed by atoms with van der Waals surface area (Å²) in [5.74, 6) is 1.68. The van der Waals surface area contributed by atoms with Crippen molar-refractivity contribution in [1.29, 1.82) is 0 Å². The second kappa shape index (κ2) is 8.06. The van der Waals surface area contributed by atoms with E-state index in [1.54, 1.807) is 11.3 Å². The van der Waals surface area contributed by atoms with Crippen LogP contribution in [0.25, 0.3) is 11.5 Å². The first-order valence-electron chi connectivity index (χ1n) is 9.22. The molecule has 1 fully saturated rings. The van der Waals surface area contributed by atoms with Gasteiger partial charge in [-0.25, -0.2) is 4.98 Å². The average Bonchev–Trinajstić information content (AvgIpc) is 3.39. The molecule has 140 valence electrons. The molecule has 3 aromatic rings. The van der Waals surface area contributed by atoms with E-state index in [0.29, 0.717) is 18.9 Å². The Labute approximate surface area is 163 Å². The summed E-state index contributed by atoms with van der Waals surface area (Å²) in [6.07, 6.45) is 1.51. The zero-order chi connectivity index (χ0) is 18.6. The lowest BCUT2D eigenvalue weighted by molar-refractivity contribution is -0.119. The van der Waals surface area contributed by atoms with E-state index in [4.69, 9.17) is 9.40 Å². The van der Waals surface area contributed by atoms with Gasteiger partial charge in [0.15, 0.2) is 0 Å². The molecule has 1 saturated heterocycles. The summed E-state index contributed by atoms with van der Waals surface area (Å²) < 4.78 is 5.90. The molecule has 0 radical (unpaired) electrons. The van der Waals surface area contributed by atoms with Crippen LogP contribution in [0.3, 0.4) is 0 Å². The van der Waals surface area contributed by atoms with Gasteiger partial charge in [0, 0.05) is 43.0 Å². The second-order valence-electron chi connectivity index (χ2n) is 6.99. The molecule has 1 N–H and O–H groups in total. The summed E-state index contributed by atoms with van der Waals surface area (Å²) >= 11 is 1.64. The maximum atomic E-state index is 11.6. The zero-order valence-corrected chi connectivity index (χ0v) is 16.2. The van der Waals surface area contributed by atoms with Crippen molar-refractivity contribution >= 4 is 17.2 Å². The molecule has 0 unspecified atom stereocenters. The summed E-state index contributed by atoms with van der Waals surface area (Å²) in [6.45, 7) is 4.28. The van der Waals surface area contributed by atoms with Gasteiger partial charge >= 0.3 is 0 Å². The molecule has 6 heteroatoms. The average molecular weight is 382 g/mol. The molecule has 27 heavy (non-hydrogen) atoms. The minimum Gasteiger partial charge on any atom is -0.441 e. The molecule has 0 aliphatic carbocycles. The van der Waals surface area contributed by atoms with Crippen LogP contribution < -0.4 is 5.32 Å². The number of hydrogen-bond acceptors (Lipinski definition) is 5. The highest BCUT2D eigenvalue weighted by Crippen LogP contribution is 2.25. The SMILES string of the molecule is Cc1oc(-c2ccsc2)nc1CN(Cc1ccccc1)C[C@@H]1CCC(=O)N1. The van der Waals surface area contributed by atoms with E-state index in [1.807, 2.05) is 29.8 Å². The number of hydrogen-bond donors (Lipinski definition) is 1. The van der Waals surface area contributed by atoms with Crippen LogP contribution in [-0.4, -0.2) is 28.4 Å². The van der Waals surface area contributed by atoms with Crippen molar-refractivity contribution in [2.24, 2.45) is 0 Å². The van der Waals surface area contributed by atoms with E-state index in [0.717, 1.165) is 36.5 Å². The van der Waals surface area contributed by atoms with Crippen molar-refractivity contribution in [1.82, 2.24) is 15.2 Å². The van der Waals surface area contributed by atoms with Crippen LogP contribution in [0.15, 0.2) is 51.6 Å². The Balaban J connectivity index is 1.52. The minimum atomic E-state index is 0.150. The summed E-state index contributed by atoms with van der Waals surface area (Å²) in [5.41, 5.74) is 3.23. The standard InChI is InChI=1S/C21H23N3O2S/c1-15-19(23-21(26-15)17-9-10-27-14-17)13-24(11-16-5-3-2-4-6-16)12-18-7-8-20(25)22-18/h2-6,9-10,14,18H,7-8,11-13H2,1H3,(H,22,25)/t18-/m0/s1. The summed E-state index contributed by atoms with van der Waals surface area (Å²) in [7, 11) is 0. The maximum absolute atomic E-state index is 11.6. The highest BCUT2D eigenvalue weighted by molar-refractivity contribution is 7.08. The Bertz CT molecular complexity index is 890. The van der Waals surface area contributed by atoms with Gasteiger partial charge in [-0.2, -0.15) is 11.3 Å². The first-order valence-corrected chi connectivity index (χ1v) is 10.2. The number of carbonyl (C=O) groups is 1. The van der Waals surface area contributed by atoms with Crippen LogP contribution in [0.5, 0.6) is 0 Å². The Hall–Kier alpha value is -2.44. The van der Waals surface area contributed by atoms with Gasteiger partial charge in [-0.3, -0.25) is 9.69 Å². The second-order valence-corrected chi connectivity index (χ2v) is 7.77. The lowest BCUT2D eigenvalue weighted by Crippen LogP contribution is -2.38. The number of aromatic nitrogens is 1. The molecule has 2 aromatic heterocycles. The molecule has 1 atom stereocenters. The molecule has 1 amide bonds. The number of rotatable bonds is 7. The first-order chi connectivity index (χ1) is 13.2. The Kier molecular flexibility index (Phi) is 5.36. The highest BCUT2D eigenvalue weighted by atomic mass is 32.1. The monoisotopic (exact) mass is 381 g/mol. The largest absolute Gasteiger partial charge is 0.441 e. The van der Waals surface area contributed by atoms with E-state index >= 15 is 0 Å². The maximum Gasteiger partial charge on any atom is 0.227 e. The molecule has 5 nitrogen and oxygen atoms in total. The van der Waals surface area contributed by atoms with Gasteiger partial charge in [0.05, 0.1) is 5.69 Å². The Morgan fingerprint density at radius 2 is 2.11 bits per heavy atom. The first kappa shape index (κ1) is 17.9. The third kappa shape index (κ3) is 4.46. The van der Waals surface area contributed by atoms with E-state index in [1.165, 1.54) is 5.56 Å². The molecule has 1 aliphatic rings. The summed E-state index contributed by atoms with van der Waals surface area (Å²) in [4.78, 5) is 18.7. The quantitative estimate of drug-likeness (QED) is 0.672. The van der Waals surface area contributed by atoms with Gasteiger partial charge in [0.1, 0.15) is 5.76 Å². The number of thiophene rings is 1. The summed E-state index contributed by atoms with van der Waals surface area (Å²) in [5, 5.41) is 7.15. The number of nitrogens with one attached hydrogen (secondary N) is 1. The van der Waals surface area contributed by atoms with Gasteiger partial charge in [0.25, 0.3) is 0 Å². The van der Waals surface area contributed by atoms with Crippen LogP contribution >= 0.6 is 11.3 Å². The highest BCUT2D eigenvalue weighted by Gasteiger charge is 2.24. The smallest absolute Gasteiger partial charge is 0.227 e. The molecule has 3 heterocycles. The number of amides is 1. The molecule has 0 bridgehead atoms. The van der Waals surface area contributed by atoms with Crippen molar-refractivity contribution < 1.29 is 9.21 Å². The Morgan fingerprint density at radius 3 is 2.81 bits per heavy atom. The normalized spacial score (nSPS) is 16.8. The van der Waals surface area contributed by atoms with Gasteiger partial charge < -0.3 is 9.73 Å². The number of oxazole rings is 1. The number of aryl methyl sites for hydroxylation is 1. The van der Waals surface area contributed by atoms with Crippen molar-refractivity contribution in [3.05, 3.63) is 64.2 Å². The fourth-order valence-electron chi connectivity index (χ4n) is 3.45. The fourth-order valence-corrected chi connectivity index (χ4v) is 4.08. The zero-order valence-electron chi connectivity index (χ0n) is 15.4. The van der Waals surface area contributed by atoms with Crippen molar-refractivity contribution in [3.8, 4) is 11.5 Å². The number of nitrogens with zero attached hydrogens (tertiary/aromatic N) is 2. The Morgan fingerprint density at radius 1 is 1.26 bits per heavy atom. The molecule has 4 rings (SSSR count). The van der Waals surface area contributed by atoms with Crippen LogP contribution in [0.4, 0.5) is 0 Å². The fraction of sp³-hybridized carbons (Fsp3) is 0.333. The molecular formula is C21H23N3O2S. The van der Waals surface area contributed by atoms with E-state index < -0.39 is 0 Å².